The zero-order valence-corrected chi connectivity index (χ0v) is 25.1. The van der Waals surface area contributed by atoms with Gasteiger partial charge in [-0.2, -0.15) is 5.10 Å². The topological polar surface area (TPSA) is 85.6 Å². The van der Waals surface area contributed by atoms with Gasteiger partial charge < -0.3 is 4.74 Å². The van der Waals surface area contributed by atoms with Gasteiger partial charge in [0.1, 0.15) is 17.2 Å². The van der Waals surface area contributed by atoms with Gasteiger partial charge in [0, 0.05) is 28.1 Å². The summed E-state index contributed by atoms with van der Waals surface area (Å²) in [7, 11) is 0. The third-order valence-electron chi connectivity index (χ3n) is 6.30. The van der Waals surface area contributed by atoms with Crippen LogP contribution in [0.25, 0.3) is 21.3 Å². The van der Waals surface area contributed by atoms with E-state index >= 15 is 0 Å². The molecule has 1 amide bonds. The second kappa shape index (κ2) is 13.7. The Morgan fingerprint density at radius 3 is 2.64 bits per heavy atom. The highest BCUT2D eigenvalue weighted by atomic mass is 35.5. The summed E-state index contributed by atoms with van der Waals surface area (Å²) in [6.45, 7) is 6.46. The van der Waals surface area contributed by atoms with E-state index in [4.69, 9.17) is 21.3 Å². The first kappa shape index (κ1) is 29.3. The monoisotopic (exact) mass is 614 g/mol. The van der Waals surface area contributed by atoms with Crippen molar-refractivity contribution in [3.8, 4) is 16.9 Å². The highest BCUT2D eigenvalue weighted by Gasteiger charge is 2.18. The van der Waals surface area contributed by atoms with Crippen LogP contribution >= 0.6 is 34.7 Å². The molecule has 0 atom stereocenters. The molecule has 0 saturated heterocycles. The Kier molecular flexibility index (Phi) is 9.53. The number of carbonyl (C=O) groups excluding carboxylic acids is 1. The molecule has 0 aliphatic heterocycles. The van der Waals surface area contributed by atoms with Crippen molar-refractivity contribution in [3.05, 3.63) is 123 Å². The summed E-state index contributed by atoms with van der Waals surface area (Å²) in [5, 5.41) is 7.70. The standard InChI is InChI=1S/C32H27ClN4O3S2/c1-3-16-37-31(39)29-26(23-12-8-21(2)9-13-23)19-41-30(29)35-32(37)42-20-28(38)36-34-17-22-10-14-25(15-11-22)40-18-24-6-4-5-7-27(24)33/h3-15,17,19H,1,16,18,20H2,2H3,(H,36,38)/b34-17+. The van der Waals surface area contributed by atoms with Crippen LogP contribution in [0.15, 0.2) is 106 Å². The highest BCUT2D eigenvalue weighted by Crippen LogP contribution is 2.32. The molecule has 1 N–H and O–H groups in total. The van der Waals surface area contributed by atoms with E-state index in [-0.39, 0.29) is 23.8 Å². The number of hydrogen-bond donors (Lipinski definition) is 1. The number of benzene rings is 3. The molecule has 7 nitrogen and oxygen atoms in total. The van der Waals surface area contributed by atoms with E-state index in [1.54, 1.807) is 16.9 Å². The fraction of sp³-hybridized carbons (Fsp3) is 0.125. The molecule has 2 aromatic heterocycles. The van der Waals surface area contributed by atoms with Crippen LogP contribution in [-0.2, 0) is 17.9 Å². The summed E-state index contributed by atoms with van der Waals surface area (Å²) in [5.41, 5.74) is 7.05. The molecule has 0 radical (unpaired) electrons. The Hall–Kier alpha value is -4.18. The van der Waals surface area contributed by atoms with Crippen LogP contribution < -0.4 is 15.7 Å². The Morgan fingerprint density at radius 2 is 1.90 bits per heavy atom. The van der Waals surface area contributed by atoms with Crippen molar-refractivity contribution < 1.29 is 9.53 Å². The van der Waals surface area contributed by atoms with Crippen LogP contribution in [0.3, 0.4) is 0 Å². The number of thiophene rings is 1. The lowest BCUT2D eigenvalue weighted by molar-refractivity contribution is -0.118. The third kappa shape index (κ3) is 6.99. The zero-order chi connectivity index (χ0) is 29.5. The van der Waals surface area contributed by atoms with Crippen molar-refractivity contribution in [1.82, 2.24) is 15.0 Å². The van der Waals surface area contributed by atoms with E-state index in [0.717, 1.165) is 27.8 Å². The Balaban J connectivity index is 1.20. The SMILES string of the molecule is C=CCn1c(SCC(=O)N/N=C/c2ccc(OCc3ccccc3Cl)cc2)nc2scc(-c3ccc(C)cc3)c2c1=O. The van der Waals surface area contributed by atoms with Crippen molar-refractivity contribution in [3.63, 3.8) is 0 Å². The van der Waals surface area contributed by atoms with Crippen LogP contribution in [0.4, 0.5) is 0 Å². The second-order valence-corrected chi connectivity index (χ2v) is 11.5. The Labute approximate surface area is 256 Å². The number of fused-ring (bicyclic) bond motifs is 1. The Morgan fingerprint density at radius 1 is 1.14 bits per heavy atom. The summed E-state index contributed by atoms with van der Waals surface area (Å²) in [5.74, 6) is 0.415. The minimum Gasteiger partial charge on any atom is -0.489 e. The lowest BCUT2D eigenvalue weighted by atomic mass is 10.1. The maximum Gasteiger partial charge on any atom is 0.263 e. The summed E-state index contributed by atoms with van der Waals surface area (Å²) in [4.78, 5) is 31.4. The lowest BCUT2D eigenvalue weighted by Gasteiger charge is -2.10. The van der Waals surface area contributed by atoms with Gasteiger partial charge in [0.05, 0.1) is 17.4 Å². The van der Waals surface area contributed by atoms with Crippen LogP contribution in [0.2, 0.25) is 5.02 Å². The fourth-order valence-corrected chi connectivity index (χ4v) is 6.10. The van der Waals surface area contributed by atoms with Gasteiger partial charge in [0.25, 0.3) is 11.5 Å². The van der Waals surface area contributed by atoms with E-state index in [1.165, 1.54) is 23.1 Å². The quantitative estimate of drug-likeness (QED) is 0.0564. The molecule has 5 aromatic rings. The van der Waals surface area contributed by atoms with Crippen molar-refractivity contribution >= 4 is 57.0 Å². The minimum atomic E-state index is -0.318. The summed E-state index contributed by atoms with van der Waals surface area (Å²) in [6, 6.07) is 22.9. The molecule has 3 aromatic carbocycles. The van der Waals surface area contributed by atoms with Crippen LogP contribution in [0, 0.1) is 6.92 Å². The third-order valence-corrected chi connectivity index (χ3v) is 8.52. The molecular formula is C32H27ClN4O3S2. The van der Waals surface area contributed by atoms with Gasteiger partial charge in [-0.05, 0) is 48.4 Å². The number of hydrazone groups is 1. The number of carbonyl (C=O) groups is 1. The number of amides is 1. The van der Waals surface area contributed by atoms with Gasteiger partial charge in [0.2, 0.25) is 0 Å². The van der Waals surface area contributed by atoms with E-state index < -0.39 is 0 Å². The minimum absolute atomic E-state index is 0.0391. The average molecular weight is 615 g/mol. The largest absolute Gasteiger partial charge is 0.489 e. The molecule has 2 heterocycles. The molecule has 0 spiro atoms. The van der Waals surface area contributed by atoms with Crippen LogP contribution in [-0.4, -0.2) is 27.4 Å². The number of nitrogens with zero attached hydrogens (tertiary/aromatic N) is 3. The highest BCUT2D eigenvalue weighted by molar-refractivity contribution is 7.99. The molecule has 0 aliphatic rings. The molecule has 0 bridgehead atoms. The number of aromatic nitrogens is 2. The van der Waals surface area contributed by atoms with Gasteiger partial charge in [-0.15, -0.1) is 17.9 Å². The number of aryl methyl sites for hydroxylation is 1. The van der Waals surface area contributed by atoms with Gasteiger partial charge in [-0.3, -0.25) is 14.2 Å². The maximum atomic E-state index is 13.5. The maximum absolute atomic E-state index is 13.5. The number of ether oxygens (including phenoxy) is 1. The molecule has 212 valence electrons. The van der Waals surface area contributed by atoms with Crippen LogP contribution in [0.1, 0.15) is 16.7 Å². The number of thioether (sulfide) groups is 1. The first-order chi connectivity index (χ1) is 20.4. The summed E-state index contributed by atoms with van der Waals surface area (Å²) >= 11 is 8.78. The second-order valence-electron chi connectivity index (χ2n) is 9.33. The molecule has 10 heteroatoms. The van der Waals surface area contributed by atoms with Crippen molar-refractivity contribution in [2.45, 2.75) is 25.2 Å². The Bertz CT molecular complexity index is 1810. The number of rotatable bonds is 11. The average Bonchev–Trinajstić information content (AvgIpc) is 3.42. The predicted molar refractivity (Wildman–Crippen MR) is 173 cm³/mol. The number of halogens is 1. The number of nitrogens with one attached hydrogen (secondary N) is 1. The summed E-state index contributed by atoms with van der Waals surface area (Å²) < 4.78 is 7.35. The molecule has 42 heavy (non-hydrogen) atoms. The van der Waals surface area contributed by atoms with Gasteiger partial charge in [-0.25, -0.2) is 10.4 Å². The first-order valence-corrected chi connectivity index (χ1v) is 15.3. The zero-order valence-electron chi connectivity index (χ0n) is 22.7. The lowest BCUT2D eigenvalue weighted by Crippen LogP contribution is -2.24. The van der Waals surface area contributed by atoms with Gasteiger partial charge >= 0.3 is 0 Å². The van der Waals surface area contributed by atoms with Crippen molar-refractivity contribution in [2.75, 3.05) is 5.75 Å². The molecule has 0 aliphatic carbocycles. The van der Waals surface area contributed by atoms with E-state index in [1.807, 2.05) is 85.1 Å². The normalized spacial score (nSPS) is 11.2. The number of allylic oxidation sites excluding steroid dienone is 1. The van der Waals surface area contributed by atoms with E-state index in [9.17, 15) is 9.59 Å². The molecule has 5 rings (SSSR count). The summed E-state index contributed by atoms with van der Waals surface area (Å²) in [6.07, 6.45) is 3.20. The van der Waals surface area contributed by atoms with E-state index in [2.05, 4.69) is 17.1 Å². The van der Waals surface area contributed by atoms with Crippen molar-refractivity contribution in [2.24, 2.45) is 5.10 Å². The number of hydrogen-bond acceptors (Lipinski definition) is 7. The van der Waals surface area contributed by atoms with Gasteiger partial charge in [-0.1, -0.05) is 77.5 Å². The van der Waals surface area contributed by atoms with Crippen LogP contribution in [0.5, 0.6) is 5.75 Å². The van der Waals surface area contributed by atoms with Crippen molar-refractivity contribution in [1.29, 1.82) is 0 Å². The predicted octanol–water partition coefficient (Wildman–Crippen LogP) is 7.09. The molecule has 0 fully saturated rings. The van der Waals surface area contributed by atoms with E-state index in [0.29, 0.717) is 32.8 Å². The first-order valence-electron chi connectivity index (χ1n) is 13.0. The molecular weight excluding hydrogens is 588 g/mol. The molecule has 0 saturated carbocycles. The fourth-order valence-electron chi connectivity index (χ4n) is 4.12. The smallest absolute Gasteiger partial charge is 0.263 e. The van der Waals surface area contributed by atoms with Gasteiger partial charge in [0.15, 0.2) is 5.16 Å². The molecule has 0 unspecified atom stereocenters.